The molecule has 1 aromatic heterocycles. The van der Waals surface area contributed by atoms with Crippen LogP contribution in [0.4, 0.5) is 5.69 Å². The third-order valence-corrected chi connectivity index (χ3v) is 3.57. The van der Waals surface area contributed by atoms with E-state index in [1.807, 2.05) is 38.1 Å². The number of nitrogens with one attached hydrogen (secondary N) is 1. The fourth-order valence-electron chi connectivity index (χ4n) is 2.33. The van der Waals surface area contributed by atoms with Gasteiger partial charge in [-0.25, -0.2) is 4.98 Å². The molecule has 0 saturated carbocycles. The Morgan fingerprint density at radius 1 is 1.26 bits per heavy atom. The topological polar surface area (TPSA) is 55.1 Å². The van der Waals surface area contributed by atoms with Crippen molar-refractivity contribution in [1.29, 1.82) is 0 Å². The van der Waals surface area contributed by atoms with Gasteiger partial charge in [-0.05, 0) is 36.2 Å². The molecule has 0 bridgehead atoms. The molecule has 1 amide bonds. The van der Waals surface area contributed by atoms with Gasteiger partial charge in [0.15, 0.2) is 5.58 Å². The van der Waals surface area contributed by atoms with E-state index >= 15 is 0 Å². The summed E-state index contributed by atoms with van der Waals surface area (Å²) < 4.78 is 5.79. The maximum atomic E-state index is 11.9. The van der Waals surface area contributed by atoms with Crippen LogP contribution in [0.25, 0.3) is 22.6 Å². The third kappa shape index (κ3) is 3.71. The molecule has 2 aromatic carbocycles. The summed E-state index contributed by atoms with van der Waals surface area (Å²) in [6.07, 6.45) is 0.488. The molecule has 0 spiro atoms. The van der Waals surface area contributed by atoms with E-state index in [1.54, 1.807) is 18.2 Å². The van der Waals surface area contributed by atoms with Crippen LogP contribution in [0.2, 0.25) is 5.02 Å². The Morgan fingerprint density at radius 3 is 2.83 bits per heavy atom. The van der Waals surface area contributed by atoms with E-state index < -0.39 is 0 Å². The highest BCUT2D eigenvalue weighted by Crippen LogP contribution is 2.27. The number of rotatable bonds is 4. The highest BCUT2D eigenvalue weighted by molar-refractivity contribution is 6.30. The Balaban J connectivity index is 1.87. The zero-order chi connectivity index (χ0) is 16.4. The van der Waals surface area contributed by atoms with Gasteiger partial charge in [0.25, 0.3) is 0 Å². The molecular weight excluding hydrogens is 312 g/mol. The molecule has 0 saturated heterocycles. The first kappa shape index (κ1) is 15.6. The van der Waals surface area contributed by atoms with Gasteiger partial charge in [-0.3, -0.25) is 4.79 Å². The smallest absolute Gasteiger partial charge is 0.227 e. The van der Waals surface area contributed by atoms with E-state index in [0.717, 1.165) is 11.1 Å². The molecule has 0 radical (unpaired) electrons. The van der Waals surface area contributed by atoms with Gasteiger partial charge in [-0.1, -0.05) is 31.5 Å². The summed E-state index contributed by atoms with van der Waals surface area (Å²) in [5, 5.41) is 3.51. The molecule has 0 aliphatic heterocycles. The van der Waals surface area contributed by atoms with Crippen LogP contribution < -0.4 is 5.32 Å². The van der Waals surface area contributed by atoms with Crippen LogP contribution in [-0.4, -0.2) is 10.9 Å². The molecule has 23 heavy (non-hydrogen) atoms. The van der Waals surface area contributed by atoms with Crippen molar-refractivity contribution >= 4 is 34.3 Å². The first-order chi connectivity index (χ1) is 11.0. The average molecular weight is 329 g/mol. The number of carbonyl (C=O) groups is 1. The second-order valence-corrected chi connectivity index (χ2v) is 6.29. The van der Waals surface area contributed by atoms with Crippen LogP contribution in [0.15, 0.2) is 46.9 Å². The largest absolute Gasteiger partial charge is 0.436 e. The minimum Gasteiger partial charge on any atom is -0.436 e. The Hall–Kier alpha value is -2.33. The number of fused-ring (bicyclic) bond motifs is 1. The summed E-state index contributed by atoms with van der Waals surface area (Å²) >= 11 is 6.00. The van der Waals surface area contributed by atoms with Crippen molar-refractivity contribution in [2.24, 2.45) is 5.92 Å². The van der Waals surface area contributed by atoms with E-state index in [0.29, 0.717) is 34.5 Å². The summed E-state index contributed by atoms with van der Waals surface area (Å²) in [6.45, 7) is 4.02. The molecule has 4 nitrogen and oxygen atoms in total. The maximum absolute atomic E-state index is 11.9. The highest BCUT2D eigenvalue weighted by atomic mass is 35.5. The third-order valence-electron chi connectivity index (χ3n) is 3.34. The van der Waals surface area contributed by atoms with Crippen LogP contribution in [-0.2, 0) is 4.79 Å². The van der Waals surface area contributed by atoms with E-state index in [-0.39, 0.29) is 5.91 Å². The summed E-state index contributed by atoms with van der Waals surface area (Å²) in [5.74, 6) is 0.820. The van der Waals surface area contributed by atoms with Gasteiger partial charge >= 0.3 is 0 Å². The zero-order valence-corrected chi connectivity index (χ0v) is 13.7. The van der Waals surface area contributed by atoms with Gasteiger partial charge in [0.2, 0.25) is 11.8 Å². The Labute approximate surface area is 139 Å². The van der Waals surface area contributed by atoms with Gasteiger partial charge in [-0.2, -0.15) is 0 Å². The fourth-order valence-corrected chi connectivity index (χ4v) is 2.52. The number of hydrogen-bond donors (Lipinski definition) is 1. The molecule has 0 aliphatic rings. The lowest BCUT2D eigenvalue weighted by atomic mass is 10.1. The van der Waals surface area contributed by atoms with Crippen LogP contribution in [0.3, 0.4) is 0 Å². The SMILES string of the molecule is CC(C)CC(=O)Nc1ccc2nc(-c3cccc(Cl)c3)oc2c1. The number of aromatic nitrogens is 1. The second-order valence-electron chi connectivity index (χ2n) is 5.86. The van der Waals surface area contributed by atoms with Gasteiger partial charge in [-0.15, -0.1) is 0 Å². The molecule has 118 valence electrons. The Bertz CT molecular complexity index is 855. The number of hydrogen-bond acceptors (Lipinski definition) is 3. The zero-order valence-electron chi connectivity index (χ0n) is 13.0. The number of anilines is 1. The molecule has 0 aliphatic carbocycles. The summed E-state index contributed by atoms with van der Waals surface area (Å²) in [6, 6.07) is 12.8. The minimum atomic E-state index is -0.00562. The van der Waals surface area contributed by atoms with Gasteiger partial charge in [0.05, 0.1) is 0 Å². The van der Waals surface area contributed by atoms with E-state index in [4.69, 9.17) is 16.0 Å². The summed E-state index contributed by atoms with van der Waals surface area (Å²) in [5.41, 5.74) is 2.89. The lowest BCUT2D eigenvalue weighted by molar-refractivity contribution is -0.116. The van der Waals surface area contributed by atoms with Crippen LogP contribution in [0.5, 0.6) is 0 Å². The van der Waals surface area contributed by atoms with Crippen molar-refractivity contribution in [3.8, 4) is 11.5 Å². The molecular formula is C18H17ClN2O2. The number of nitrogens with zero attached hydrogens (tertiary/aromatic N) is 1. The molecule has 5 heteroatoms. The lowest BCUT2D eigenvalue weighted by Crippen LogP contribution is -2.13. The van der Waals surface area contributed by atoms with Gasteiger partial charge in [0.1, 0.15) is 5.52 Å². The second kappa shape index (κ2) is 6.42. The van der Waals surface area contributed by atoms with E-state index in [9.17, 15) is 4.79 Å². The highest BCUT2D eigenvalue weighted by Gasteiger charge is 2.11. The standard InChI is InChI=1S/C18H17ClN2O2/c1-11(2)8-17(22)20-14-6-7-15-16(10-14)23-18(21-15)12-4-3-5-13(19)9-12/h3-7,9-11H,8H2,1-2H3,(H,20,22). The van der Waals surface area contributed by atoms with Gasteiger partial charge < -0.3 is 9.73 Å². The molecule has 0 atom stereocenters. The number of oxazole rings is 1. The van der Waals surface area contributed by atoms with Crippen molar-refractivity contribution < 1.29 is 9.21 Å². The first-order valence-corrected chi connectivity index (χ1v) is 7.85. The molecule has 3 aromatic rings. The molecule has 1 N–H and O–H groups in total. The first-order valence-electron chi connectivity index (χ1n) is 7.47. The van der Waals surface area contributed by atoms with Crippen molar-refractivity contribution in [3.63, 3.8) is 0 Å². The number of amides is 1. The van der Waals surface area contributed by atoms with Crippen molar-refractivity contribution in [3.05, 3.63) is 47.5 Å². The number of benzene rings is 2. The van der Waals surface area contributed by atoms with Crippen LogP contribution in [0, 0.1) is 5.92 Å². The van der Waals surface area contributed by atoms with Crippen molar-refractivity contribution in [2.45, 2.75) is 20.3 Å². The fraction of sp³-hybridized carbons (Fsp3) is 0.222. The minimum absolute atomic E-state index is 0.00562. The Kier molecular flexibility index (Phi) is 4.35. The average Bonchev–Trinajstić information content (AvgIpc) is 2.89. The summed E-state index contributed by atoms with van der Waals surface area (Å²) in [4.78, 5) is 16.3. The van der Waals surface area contributed by atoms with Crippen LogP contribution >= 0.6 is 11.6 Å². The monoisotopic (exact) mass is 328 g/mol. The maximum Gasteiger partial charge on any atom is 0.227 e. The molecule has 0 unspecified atom stereocenters. The van der Waals surface area contributed by atoms with E-state index in [1.165, 1.54) is 0 Å². The van der Waals surface area contributed by atoms with E-state index in [2.05, 4.69) is 10.3 Å². The Morgan fingerprint density at radius 2 is 2.09 bits per heavy atom. The summed E-state index contributed by atoms with van der Waals surface area (Å²) in [7, 11) is 0. The lowest BCUT2D eigenvalue weighted by Gasteiger charge is -2.06. The van der Waals surface area contributed by atoms with Crippen molar-refractivity contribution in [1.82, 2.24) is 4.98 Å². The number of halogens is 1. The van der Waals surface area contributed by atoms with Crippen molar-refractivity contribution in [2.75, 3.05) is 5.32 Å². The molecule has 0 fully saturated rings. The van der Waals surface area contributed by atoms with Gasteiger partial charge in [0, 0.05) is 28.8 Å². The quantitative estimate of drug-likeness (QED) is 0.722. The number of carbonyl (C=O) groups excluding carboxylic acids is 1. The van der Waals surface area contributed by atoms with Crippen LogP contribution in [0.1, 0.15) is 20.3 Å². The predicted octanol–water partition coefficient (Wildman–Crippen LogP) is 5.13. The normalized spacial score (nSPS) is 11.1. The molecule has 3 rings (SSSR count). The predicted molar refractivity (Wildman–Crippen MR) is 92.5 cm³/mol. The molecule has 1 heterocycles.